The Kier molecular flexibility index (Phi) is 4.47. The highest BCUT2D eigenvalue weighted by Gasteiger charge is 2.37. The second kappa shape index (κ2) is 5.70. The zero-order valence-electron chi connectivity index (χ0n) is 10.5. The van der Waals surface area contributed by atoms with Crippen molar-refractivity contribution in [2.45, 2.75) is 55.9 Å². The standard InChI is InChI=1S/C13H22BrNO2/c1-13(7-2-8-17-13)12(16)15-9-10-3-5-11(14)6-4-10/h10-11H,2-9H2,1H3,(H,15,16). The van der Waals surface area contributed by atoms with E-state index in [4.69, 9.17) is 4.74 Å². The maximum Gasteiger partial charge on any atom is 0.251 e. The van der Waals surface area contributed by atoms with Crippen LogP contribution in [0.1, 0.15) is 45.4 Å². The van der Waals surface area contributed by atoms with Crippen LogP contribution in [0, 0.1) is 5.92 Å². The molecule has 98 valence electrons. The molecule has 1 aliphatic heterocycles. The van der Waals surface area contributed by atoms with Gasteiger partial charge in [0, 0.05) is 18.0 Å². The Morgan fingerprint density at radius 3 is 2.71 bits per heavy atom. The molecule has 0 aromatic carbocycles. The molecule has 2 fully saturated rings. The number of hydrogen-bond donors (Lipinski definition) is 1. The first-order valence-corrected chi connectivity index (χ1v) is 7.58. The first kappa shape index (κ1) is 13.3. The van der Waals surface area contributed by atoms with Crippen LogP contribution in [-0.2, 0) is 9.53 Å². The van der Waals surface area contributed by atoms with Crippen molar-refractivity contribution in [2.24, 2.45) is 5.92 Å². The minimum Gasteiger partial charge on any atom is -0.365 e. The number of carbonyl (C=O) groups is 1. The summed E-state index contributed by atoms with van der Waals surface area (Å²) in [5.74, 6) is 0.730. The van der Waals surface area contributed by atoms with Crippen LogP contribution in [0.4, 0.5) is 0 Å². The Bertz CT molecular complexity index is 269. The van der Waals surface area contributed by atoms with Gasteiger partial charge < -0.3 is 10.1 Å². The average Bonchev–Trinajstić information content (AvgIpc) is 2.76. The third kappa shape index (κ3) is 3.44. The molecule has 17 heavy (non-hydrogen) atoms. The third-order valence-corrected chi connectivity index (χ3v) is 4.94. The number of alkyl halides is 1. The van der Waals surface area contributed by atoms with E-state index in [9.17, 15) is 4.79 Å². The van der Waals surface area contributed by atoms with Crippen LogP contribution >= 0.6 is 15.9 Å². The fourth-order valence-corrected chi connectivity index (χ4v) is 3.24. The van der Waals surface area contributed by atoms with E-state index >= 15 is 0 Å². The predicted octanol–water partition coefficient (Wildman–Crippen LogP) is 2.63. The molecular formula is C13H22BrNO2. The van der Waals surface area contributed by atoms with Gasteiger partial charge in [-0.05, 0) is 51.4 Å². The summed E-state index contributed by atoms with van der Waals surface area (Å²) in [6.45, 7) is 3.45. The maximum atomic E-state index is 12.0. The van der Waals surface area contributed by atoms with Gasteiger partial charge in [-0.1, -0.05) is 15.9 Å². The Morgan fingerprint density at radius 1 is 1.41 bits per heavy atom. The van der Waals surface area contributed by atoms with Gasteiger partial charge in [-0.25, -0.2) is 0 Å². The quantitative estimate of drug-likeness (QED) is 0.814. The van der Waals surface area contributed by atoms with Crippen LogP contribution in [0.25, 0.3) is 0 Å². The van der Waals surface area contributed by atoms with Gasteiger partial charge in [-0.2, -0.15) is 0 Å². The van der Waals surface area contributed by atoms with E-state index in [0.717, 1.165) is 26.0 Å². The molecule has 3 nitrogen and oxygen atoms in total. The van der Waals surface area contributed by atoms with E-state index < -0.39 is 5.60 Å². The fraction of sp³-hybridized carbons (Fsp3) is 0.923. The summed E-state index contributed by atoms with van der Waals surface area (Å²) < 4.78 is 5.54. The topological polar surface area (TPSA) is 38.3 Å². The number of carbonyl (C=O) groups excluding carboxylic acids is 1. The van der Waals surface area contributed by atoms with E-state index in [0.29, 0.717) is 10.7 Å². The van der Waals surface area contributed by atoms with Crippen LogP contribution in [0.5, 0.6) is 0 Å². The highest BCUT2D eigenvalue weighted by atomic mass is 79.9. The first-order chi connectivity index (χ1) is 8.10. The van der Waals surface area contributed by atoms with Crippen LogP contribution in [0.15, 0.2) is 0 Å². The molecule has 1 atom stereocenters. The molecular weight excluding hydrogens is 282 g/mol. The highest BCUT2D eigenvalue weighted by Crippen LogP contribution is 2.29. The van der Waals surface area contributed by atoms with E-state index in [-0.39, 0.29) is 5.91 Å². The molecule has 0 aromatic heterocycles. The molecule has 1 saturated carbocycles. The molecule has 1 unspecified atom stereocenters. The molecule has 1 aliphatic carbocycles. The molecule has 2 rings (SSSR count). The largest absolute Gasteiger partial charge is 0.365 e. The Morgan fingerprint density at radius 2 is 2.12 bits per heavy atom. The molecule has 4 heteroatoms. The highest BCUT2D eigenvalue weighted by molar-refractivity contribution is 9.09. The van der Waals surface area contributed by atoms with Crippen LogP contribution in [-0.4, -0.2) is 29.5 Å². The summed E-state index contributed by atoms with van der Waals surface area (Å²) in [4.78, 5) is 12.7. The summed E-state index contributed by atoms with van der Waals surface area (Å²) in [6.07, 6.45) is 6.75. The van der Waals surface area contributed by atoms with Gasteiger partial charge in [0.25, 0.3) is 5.91 Å². The molecule has 0 aromatic rings. The van der Waals surface area contributed by atoms with Crippen molar-refractivity contribution in [1.29, 1.82) is 0 Å². The average molecular weight is 304 g/mol. The van der Waals surface area contributed by atoms with Gasteiger partial charge in [0.1, 0.15) is 5.60 Å². The normalized spacial score (nSPS) is 38.0. The van der Waals surface area contributed by atoms with Gasteiger partial charge in [-0.15, -0.1) is 0 Å². The number of amides is 1. The summed E-state index contributed by atoms with van der Waals surface area (Å²) in [6, 6.07) is 0. The minimum absolute atomic E-state index is 0.0796. The van der Waals surface area contributed by atoms with E-state index in [1.54, 1.807) is 0 Å². The van der Waals surface area contributed by atoms with Crippen molar-refractivity contribution >= 4 is 21.8 Å². The number of rotatable bonds is 3. The van der Waals surface area contributed by atoms with Gasteiger partial charge in [0.2, 0.25) is 0 Å². The van der Waals surface area contributed by atoms with Crippen molar-refractivity contribution in [1.82, 2.24) is 5.32 Å². The number of ether oxygens (including phenoxy) is 1. The lowest BCUT2D eigenvalue weighted by molar-refractivity contribution is -0.139. The summed E-state index contributed by atoms with van der Waals surface area (Å²) in [5, 5.41) is 3.07. The van der Waals surface area contributed by atoms with Crippen molar-refractivity contribution in [2.75, 3.05) is 13.2 Å². The van der Waals surface area contributed by atoms with Crippen LogP contribution in [0.2, 0.25) is 0 Å². The van der Waals surface area contributed by atoms with Crippen molar-refractivity contribution in [3.8, 4) is 0 Å². The third-order valence-electron chi connectivity index (χ3n) is 4.03. The fourth-order valence-electron chi connectivity index (χ4n) is 2.71. The van der Waals surface area contributed by atoms with Gasteiger partial charge >= 0.3 is 0 Å². The molecule has 1 heterocycles. The van der Waals surface area contributed by atoms with E-state index in [1.807, 2.05) is 6.92 Å². The Hall–Kier alpha value is -0.0900. The van der Waals surface area contributed by atoms with Gasteiger partial charge in [0.05, 0.1) is 0 Å². The molecule has 1 amide bonds. The lowest BCUT2D eigenvalue weighted by Gasteiger charge is -2.27. The van der Waals surface area contributed by atoms with Crippen molar-refractivity contribution < 1.29 is 9.53 Å². The van der Waals surface area contributed by atoms with Crippen molar-refractivity contribution in [3.05, 3.63) is 0 Å². The zero-order valence-corrected chi connectivity index (χ0v) is 12.1. The van der Waals surface area contributed by atoms with E-state index in [2.05, 4.69) is 21.2 Å². The number of halogens is 1. The lowest BCUT2D eigenvalue weighted by Crippen LogP contribution is -2.45. The monoisotopic (exact) mass is 303 g/mol. The number of nitrogens with one attached hydrogen (secondary N) is 1. The van der Waals surface area contributed by atoms with E-state index in [1.165, 1.54) is 25.7 Å². The predicted molar refractivity (Wildman–Crippen MR) is 71.3 cm³/mol. The molecule has 0 bridgehead atoms. The van der Waals surface area contributed by atoms with Gasteiger partial charge in [-0.3, -0.25) is 4.79 Å². The SMILES string of the molecule is CC1(C(=O)NCC2CCC(Br)CC2)CCCO1. The van der Waals surface area contributed by atoms with Crippen molar-refractivity contribution in [3.63, 3.8) is 0 Å². The maximum absolute atomic E-state index is 12.0. The number of hydrogen-bond acceptors (Lipinski definition) is 2. The second-order valence-electron chi connectivity index (χ2n) is 5.51. The van der Waals surface area contributed by atoms with Crippen LogP contribution < -0.4 is 5.32 Å². The van der Waals surface area contributed by atoms with Gasteiger partial charge in [0.15, 0.2) is 0 Å². The zero-order chi connectivity index (χ0) is 12.3. The smallest absolute Gasteiger partial charge is 0.251 e. The Balaban J connectivity index is 1.72. The first-order valence-electron chi connectivity index (χ1n) is 6.66. The summed E-state index contributed by atoms with van der Waals surface area (Å²) >= 11 is 3.65. The Labute approximate surface area is 112 Å². The molecule has 0 spiro atoms. The molecule has 2 aliphatic rings. The summed E-state index contributed by atoms with van der Waals surface area (Å²) in [5.41, 5.74) is -0.563. The summed E-state index contributed by atoms with van der Waals surface area (Å²) in [7, 11) is 0. The second-order valence-corrected chi connectivity index (χ2v) is 6.81. The lowest BCUT2D eigenvalue weighted by atomic mass is 9.89. The van der Waals surface area contributed by atoms with Crippen LogP contribution in [0.3, 0.4) is 0 Å². The molecule has 1 saturated heterocycles. The molecule has 1 N–H and O–H groups in total. The molecule has 0 radical (unpaired) electrons. The minimum atomic E-state index is -0.563.